The zero-order chi connectivity index (χ0) is 19.4. The van der Waals surface area contributed by atoms with Crippen LogP contribution in [0.1, 0.15) is 59.8 Å². The molecule has 0 saturated carbocycles. The van der Waals surface area contributed by atoms with Crippen molar-refractivity contribution in [2.24, 2.45) is 0 Å². The Balaban J connectivity index is 2.23. The highest BCUT2D eigenvalue weighted by Crippen LogP contribution is 2.32. The summed E-state index contributed by atoms with van der Waals surface area (Å²) in [4.78, 5) is 22.7. The standard InChI is InChI=1S/C20H24N2O4/c1-12(2)17-11-18(13(3)10-19(17)26-5)14(4)21-20(23)15-6-8-16(9-7-15)22(24)25/h6-12,14H,1-5H3,(H,21,23)/t14-/m0/s1. The van der Waals surface area contributed by atoms with Crippen LogP contribution in [0.25, 0.3) is 0 Å². The highest BCUT2D eigenvalue weighted by molar-refractivity contribution is 5.94. The summed E-state index contributed by atoms with van der Waals surface area (Å²) < 4.78 is 5.46. The number of nitro benzene ring substituents is 1. The Kier molecular flexibility index (Phi) is 5.97. The number of benzene rings is 2. The van der Waals surface area contributed by atoms with E-state index in [1.54, 1.807) is 7.11 Å². The third kappa shape index (κ3) is 4.20. The number of nitrogens with zero attached hydrogens (tertiary/aromatic N) is 1. The molecule has 2 rings (SSSR count). The van der Waals surface area contributed by atoms with Crippen molar-refractivity contribution < 1.29 is 14.5 Å². The van der Waals surface area contributed by atoms with E-state index in [0.29, 0.717) is 11.5 Å². The minimum absolute atomic E-state index is 0.0397. The normalized spacial score (nSPS) is 11.9. The lowest BCUT2D eigenvalue weighted by Gasteiger charge is -2.21. The molecule has 0 heterocycles. The molecule has 0 bridgehead atoms. The first-order valence-electron chi connectivity index (χ1n) is 8.48. The second-order valence-electron chi connectivity index (χ2n) is 6.60. The molecule has 0 aromatic heterocycles. The third-order valence-electron chi connectivity index (χ3n) is 4.39. The number of methoxy groups -OCH3 is 1. The molecule has 1 N–H and O–H groups in total. The summed E-state index contributed by atoms with van der Waals surface area (Å²) >= 11 is 0. The van der Waals surface area contributed by atoms with Crippen molar-refractivity contribution >= 4 is 11.6 Å². The van der Waals surface area contributed by atoms with Gasteiger partial charge in [-0.1, -0.05) is 13.8 Å². The van der Waals surface area contributed by atoms with E-state index in [9.17, 15) is 14.9 Å². The van der Waals surface area contributed by atoms with Gasteiger partial charge in [0.1, 0.15) is 5.75 Å². The van der Waals surface area contributed by atoms with Crippen molar-refractivity contribution in [1.82, 2.24) is 5.32 Å². The van der Waals surface area contributed by atoms with Crippen LogP contribution in [0.2, 0.25) is 0 Å². The summed E-state index contributed by atoms with van der Waals surface area (Å²) in [5, 5.41) is 13.7. The molecule has 2 aromatic carbocycles. The average Bonchev–Trinajstić information content (AvgIpc) is 2.60. The van der Waals surface area contributed by atoms with E-state index in [0.717, 1.165) is 22.4 Å². The van der Waals surface area contributed by atoms with Gasteiger partial charge in [-0.15, -0.1) is 0 Å². The van der Waals surface area contributed by atoms with Crippen LogP contribution in [0.15, 0.2) is 36.4 Å². The number of rotatable bonds is 6. The van der Waals surface area contributed by atoms with Crippen molar-refractivity contribution in [3.8, 4) is 5.75 Å². The van der Waals surface area contributed by atoms with Gasteiger partial charge in [0.2, 0.25) is 0 Å². The monoisotopic (exact) mass is 356 g/mol. The molecule has 1 amide bonds. The number of carbonyl (C=O) groups excluding carboxylic acids is 1. The molecule has 2 aromatic rings. The Morgan fingerprint density at radius 3 is 2.23 bits per heavy atom. The number of nitro groups is 1. The summed E-state index contributed by atoms with van der Waals surface area (Å²) in [6, 6.07) is 9.42. The van der Waals surface area contributed by atoms with E-state index < -0.39 is 4.92 Å². The van der Waals surface area contributed by atoms with Crippen molar-refractivity contribution in [1.29, 1.82) is 0 Å². The molecular weight excluding hydrogens is 332 g/mol. The largest absolute Gasteiger partial charge is 0.496 e. The lowest BCUT2D eigenvalue weighted by molar-refractivity contribution is -0.384. The van der Waals surface area contributed by atoms with Gasteiger partial charge in [-0.25, -0.2) is 0 Å². The van der Waals surface area contributed by atoms with Gasteiger partial charge >= 0.3 is 0 Å². The van der Waals surface area contributed by atoms with Crippen LogP contribution in [0, 0.1) is 17.0 Å². The molecule has 138 valence electrons. The van der Waals surface area contributed by atoms with E-state index in [2.05, 4.69) is 25.2 Å². The molecule has 6 heteroatoms. The third-order valence-corrected chi connectivity index (χ3v) is 4.39. The maximum absolute atomic E-state index is 12.5. The molecular formula is C20H24N2O4. The van der Waals surface area contributed by atoms with Gasteiger partial charge in [0.25, 0.3) is 11.6 Å². The average molecular weight is 356 g/mol. The first-order chi connectivity index (χ1) is 12.2. The maximum atomic E-state index is 12.5. The second-order valence-corrected chi connectivity index (χ2v) is 6.60. The van der Waals surface area contributed by atoms with Crippen LogP contribution in [0.4, 0.5) is 5.69 Å². The fraction of sp³-hybridized carbons (Fsp3) is 0.350. The minimum atomic E-state index is -0.488. The number of carbonyl (C=O) groups is 1. The van der Waals surface area contributed by atoms with Gasteiger partial charge in [0.15, 0.2) is 0 Å². The van der Waals surface area contributed by atoms with Crippen molar-refractivity contribution in [3.63, 3.8) is 0 Å². The lowest BCUT2D eigenvalue weighted by Crippen LogP contribution is -2.27. The molecule has 0 unspecified atom stereocenters. The molecule has 26 heavy (non-hydrogen) atoms. The Morgan fingerprint density at radius 2 is 1.73 bits per heavy atom. The fourth-order valence-electron chi connectivity index (χ4n) is 2.90. The molecule has 0 spiro atoms. The molecule has 6 nitrogen and oxygen atoms in total. The summed E-state index contributed by atoms with van der Waals surface area (Å²) in [7, 11) is 1.65. The Hall–Kier alpha value is -2.89. The number of hydrogen-bond acceptors (Lipinski definition) is 4. The Labute approximate surface area is 153 Å². The Morgan fingerprint density at radius 1 is 1.12 bits per heavy atom. The van der Waals surface area contributed by atoms with Gasteiger partial charge in [0.05, 0.1) is 18.1 Å². The molecule has 0 radical (unpaired) electrons. The summed E-state index contributed by atoms with van der Waals surface area (Å²) in [6.07, 6.45) is 0. The van der Waals surface area contributed by atoms with E-state index in [1.165, 1.54) is 24.3 Å². The summed E-state index contributed by atoms with van der Waals surface area (Å²) in [6.45, 7) is 8.09. The molecule has 0 aliphatic carbocycles. The number of amides is 1. The van der Waals surface area contributed by atoms with Crippen molar-refractivity contribution in [3.05, 3.63) is 68.8 Å². The van der Waals surface area contributed by atoms with Crippen LogP contribution < -0.4 is 10.1 Å². The molecule has 0 saturated heterocycles. The summed E-state index contributed by atoms with van der Waals surface area (Å²) in [5.41, 5.74) is 3.48. The lowest BCUT2D eigenvalue weighted by atomic mass is 9.93. The van der Waals surface area contributed by atoms with Gasteiger partial charge in [-0.05, 0) is 60.7 Å². The van der Waals surface area contributed by atoms with E-state index in [4.69, 9.17) is 4.74 Å². The fourth-order valence-corrected chi connectivity index (χ4v) is 2.90. The van der Waals surface area contributed by atoms with Crippen LogP contribution in [0.3, 0.4) is 0 Å². The molecule has 0 aliphatic heterocycles. The SMILES string of the molecule is COc1cc(C)c([C@H](C)NC(=O)c2ccc([N+](=O)[O-])cc2)cc1C(C)C. The first kappa shape index (κ1) is 19.4. The van der Waals surface area contributed by atoms with Gasteiger partial charge in [-0.3, -0.25) is 14.9 Å². The number of ether oxygens (including phenoxy) is 1. The molecule has 0 aliphatic rings. The zero-order valence-corrected chi connectivity index (χ0v) is 15.7. The van der Waals surface area contributed by atoms with Crippen molar-refractivity contribution in [2.45, 2.75) is 39.7 Å². The molecule has 0 fully saturated rings. The highest BCUT2D eigenvalue weighted by atomic mass is 16.6. The zero-order valence-electron chi connectivity index (χ0n) is 15.7. The van der Waals surface area contributed by atoms with Gasteiger partial charge < -0.3 is 10.1 Å². The number of non-ortho nitro benzene ring substituents is 1. The number of nitrogens with one attached hydrogen (secondary N) is 1. The number of aryl methyl sites for hydroxylation is 1. The maximum Gasteiger partial charge on any atom is 0.269 e. The second kappa shape index (κ2) is 7.99. The topological polar surface area (TPSA) is 81.5 Å². The summed E-state index contributed by atoms with van der Waals surface area (Å²) in [5.74, 6) is 0.866. The van der Waals surface area contributed by atoms with Crippen LogP contribution >= 0.6 is 0 Å². The van der Waals surface area contributed by atoms with Crippen LogP contribution in [-0.4, -0.2) is 17.9 Å². The number of hydrogen-bond donors (Lipinski definition) is 1. The quantitative estimate of drug-likeness (QED) is 0.609. The smallest absolute Gasteiger partial charge is 0.269 e. The van der Waals surface area contributed by atoms with E-state index in [-0.39, 0.29) is 17.6 Å². The minimum Gasteiger partial charge on any atom is -0.496 e. The first-order valence-corrected chi connectivity index (χ1v) is 8.48. The van der Waals surface area contributed by atoms with Crippen LogP contribution in [-0.2, 0) is 0 Å². The Bertz CT molecular complexity index is 813. The van der Waals surface area contributed by atoms with Crippen molar-refractivity contribution in [2.75, 3.05) is 7.11 Å². The van der Waals surface area contributed by atoms with E-state index in [1.807, 2.05) is 19.9 Å². The predicted octanol–water partition coefficient (Wildman–Crippen LogP) is 4.53. The van der Waals surface area contributed by atoms with Gasteiger partial charge in [-0.2, -0.15) is 0 Å². The molecule has 1 atom stereocenters. The van der Waals surface area contributed by atoms with E-state index >= 15 is 0 Å². The highest BCUT2D eigenvalue weighted by Gasteiger charge is 2.18. The van der Waals surface area contributed by atoms with Gasteiger partial charge in [0, 0.05) is 17.7 Å². The predicted molar refractivity (Wildman–Crippen MR) is 101 cm³/mol. The van der Waals surface area contributed by atoms with Crippen LogP contribution in [0.5, 0.6) is 5.75 Å².